The van der Waals surface area contributed by atoms with Gasteiger partial charge in [-0.1, -0.05) is 6.08 Å². The molecule has 0 amide bonds. The van der Waals surface area contributed by atoms with Crippen molar-refractivity contribution in [1.82, 2.24) is 0 Å². The van der Waals surface area contributed by atoms with Crippen LogP contribution < -0.4 is 0 Å². The molecule has 68 valence electrons. The Morgan fingerprint density at radius 1 is 1.23 bits per heavy atom. The van der Waals surface area contributed by atoms with E-state index in [4.69, 9.17) is 9.47 Å². The number of rotatable bonds is 0. The molecule has 2 bridgehead atoms. The van der Waals surface area contributed by atoms with E-state index >= 15 is 0 Å². The summed E-state index contributed by atoms with van der Waals surface area (Å²) in [6, 6.07) is 0. The number of hydrogen-bond acceptors (Lipinski definition) is 4. The van der Waals surface area contributed by atoms with Gasteiger partial charge in [-0.15, -0.1) is 0 Å². The lowest BCUT2D eigenvalue weighted by molar-refractivity contribution is -0.174. The van der Waals surface area contributed by atoms with Gasteiger partial charge in [-0.25, -0.2) is 0 Å². The normalized spacial score (nSPS) is 45.8. The molecule has 2 fully saturated rings. The molecule has 0 unspecified atom stereocenters. The van der Waals surface area contributed by atoms with Crippen LogP contribution in [0.25, 0.3) is 0 Å². The fraction of sp³-hybridized carbons (Fsp3) is 0.556. The molecule has 0 aromatic heterocycles. The molecule has 4 rings (SSSR count). The average molecular weight is 180 g/mol. The smallest absolute Gasteiger partial charge is 0.313 e. The van der Waals surface area contributed by atoms with Gasteiger partial charge in [0.1, 0.15) is 6.10 Å². The standard InChI is InChI=1S/C9H8O4/c10-7-3-5-4-1-2-6(8(5)13-7)12-9(4)11/h1-2,4-6,8H,3H2/t4-,5+,6+,8+/m1/s1. The van der Waals surface area contributed by atoms with Crippen molar-refractivity contribution in [3.63, 3.8) is 0 Å². The molecule has 4 aliphatic rings. The third kappa shape index (κ3) is 0.802. The molecule has 0 N–H and O–H groups in total. The van der Waals surface area contributed by atoms with E-state index in [1.807, 2.05) is 12.2 Å². The number of hydrogen-bond donors (Lipinski definition) is 0. The molecule has 2 saturated heterocycles. The molecule has 0 saturated carbocycles. The van der Waals surface area contributed by atoms with Crippen molar-refractivity contribution in [1.29, 1.82) is 0 Å². The molecule has 0 aromatic carbocycles. The van der Waals surface area contributed by atoms with Crippen molar-refractivity contribution in [2.45, 2.75) is 18.6 Å². The van der Waals surface area contributed by atoms with Crippen LogP contribution in [0.5, 0.6) is 0 Å². The molecular weight excluding hydrogens is 172 g/mol. The first kappa shape index (κ1) is 7.12. The molecule has 1 aliphatic carbocycles. The number of ether oxygens (including phenoxy) is 2. The summed E-state index contributed by atoms with van der Waals surface area (Å²) in [5.41, 5.74) is 0. The van der Waals surface area contributed by atoms with Crippen molar-refractivity contribution < 1.29 is 19.1 Å². The lowest BCUT2D eigenvalue weighted by atomic mass is 9.78. The predicted octanol–water partition coefficient (Wildman–Crippen LogP) is 0.0295. The van der Waals surface area contributed by atoms with Gasteiger partial charge in [-0.05, 0) is 6.08 Å². The Bertz CT molecular complexity index is 320. The highest BCUT2D eigenvalue weighted by molar-refractivity contribution is 5.81. The van der Waals surface area contributed by atoms with Gasteiger partial charge >= 0.3 is 11.9 Å². The molecule has 3 heterocycles. The predicted molar refractivity (Wildman–Crippen MR) is 40.5 cm³/mol. The monoisotopic (exact) mass is 180 g/mol. The third-order valence-electron chi connectivity index (χ3n) is 2.91. The van der Waals surface area contributed by atoms with Crippen molar-refractivity contribution in [3.8, 4) is 0 Å². The summed E-state index contributed by atoms with van der Waals surface area (Å²) in [6.07, 6.45) is 3.44. The molecule has 4 atom stereocenters. The van der Waals surface area contributed by atoms with Crippen molar-refractivity contribution in [2.75, 3.05) is 0 Å². The maximum Gasteiger partial charge on any atom is 0.313 e. The second-order valence-corrected chi connectivity index (χ2v) is 3.63. The quantitative estimate of drug-likeness (QED) is 0.390. The molecule has 0 spiro atoms. The summed E-state index contributed by atoms with van der Waals surface area (Å²) in [6.45, 7) is 0. The van der Waals surface area contributed by atoms with Crippen LogP contribution in [0.3, 0.4) is 0 Å². The summed E-state index contributed by atoms with van der Waals surface area (Å²) in [5.74, 6) is -0.677. The first-order valence-electron chi connectivity index (χ1n) is 4.34. The largest absolute Gasteiger partial charge is 0.458 e. The molecule has 4 heteroatoms. The zero-order chi connectivity index (χ0) is 9.00. The average Bonchev–Trinajstić information content (AvgIpc) is 2.47. The van der Waals surface area contributed by atoms with E-state index in [0.29, 0.717) is 6.42 Å². The molecular formula is C9H8O4. The van der Waals surface area contributed by atoms with Gasteiger partial charge in [0.2, 0.25) is 0 Å². The summed E-state index contributed by atoms with van der Waals surface area (Å²) in [5, 5.41) is 0. The highest BCUT2D eigenvalue weighted by atomic mass is 16.6. The topological polar surface area (TPSA) is 52.6 Å². The molecule has 0 radical (unpaired) electrons. The number of fused-ring (bicyclic) bond motifs is 1. The maximum absolute atomic E-state index is 11.3. The summed E-state index contributed by atoms with van der Waals surface area (Å²) >= 11 is 0. The van der Waals surface area contributed by atoms with Gasteiger partial charge in [0.15, 0.2) is 6.10 Å². The highest BCUT2D eigenvalue weighted by Gasteiger charge is 2.53. The van der Waals surface area contributed by atoms with Crippen LogP contribution in [0.4, 0.5) is 0 Å². The van der Waals surface area contributed by atoms with Crippen LogP contribution in [0.15, 0.2) is 12.2 Å². The Morgan fingerprint density at radius 3 is 2.85 bits per heavy atom. The van der Waals surface area contributed by atoms with Gasteiger partial charge in [-0.2, -0.15) is 0 Å². The van der Waals surface area contributed by atoms with E-state index in [9.17, 15) is 9.59 Å². The van der Waals surface area contributed by atoms with Crippen LogP contribution in [0.2, 0.25) is 0 Å². The van der Waals surface area contributed by atoms with E-state index in [-0.39, 0.29) is 36.0 Å². The van der Waals surface area contributed by atoms with Crippen molar-refractivity contribution in [2.24, 2.45) is 11.8 Å². The van der Waals surface area contributed by atoms with Crippen LogP contribution in [0, 0.1) is 11.8 Å². The number of carbonyl (C=O) groups excluding carboxylic acids is 2. The first-order valence-corrected chi connectivity index (χ1v) is 4.34. The Morgan fingerprint density at radius 2 is 2.08 bits per heavy atom. The minimum atomic E-state index is -0.339. The fourth-order valence-corrected chi connectivity index (χ4v) is 2.29. The number of esters is 2. The Hall–Kier alpha value is -1.32. The summed E-state index contributed by atoms with van der Waals surface area (Å²) in [4.78, 5) is 22.3. The third-order valence-corrected chi connectivity index (χ3v) is 2.91. The first-order chi connectivity index (χ1) is 6.25. The minimum absolute atomic E-state index is 0.0174. The van der Waals surface area contributed by atoms with E-state index in [2.05, 4.69) is 0 Å². The molecule has 4 nitrogen and oxygen atoms in total. The van der Waals surface area contributed by atoms with Crippen molar-refractivity contribution >= 4 is 11.9 Å². The minimum Gasteiger partial charge on any atom is -0.458 e. The van der Waals surface area contributed by atoms with E-state index < -0.39 is 0 Å². The zero-order valence-electron chi connectivity index (χ0n) is 6.80. The van der Waals surface area contributed by atoms with Gasteiger partial charge in [0.25, 0.3) is 0 Å². The summed E-state index contributed by atoms with van der Waals surface area (Å²) < 4.78 is 10.1. The molecule has 13 heavy (non-hydrogen) atoms. The maximum atomic E-state index is 11.3. The van der Waals surface area contributed by atoms with Crippen molar-refractivity contribution in [3.05, 3.63) is 12.2 Å². The number of carbonyl (C=O) groups is 2. The van der Waals surface area contributed by atoms with Crippen LogP contribution in [-0.4, -0.2) is 24.1 Å². The van der Waals surface area contributed by atoms with Gasteiger partial charge < -0.3 is 9.47 Å². The SMILES string of the molecule is O=C1C[C@@H]2[C@H](O1)[C@@H]1C=C[C@H]2C(=O)O1. The Labute approximate surface area is 74.5 Å². The van der Waals surface area contributed by atoms with Crippen LogP contribution in [0.1, 0.15) is 6.42 Å². The van der Waals surface area contributed by atoms with Gasteiger partial charge in [0.05, 0.1) is 12.3 Å². The lowest BCUT2D eigenvalue weighted by Gasteiger charge is -2.37. The second-order valence-electron chi connectivity index (χ2n) is 3.63. The van der Waals surface area contributed by atoms with Crippen LogP contribution in [-0.2, 0) is 19.1 Å². The van der Waals surface area contributed by atoms with E-state index in [1.54, 1.807) is 0 Å². The molecule has 0 aromatic rings. The van der Waals surface area contributed by atoms with Gasteiger partial charge in [0, 0.05) is 5.92 Å². The fourth-order valence-electron chi connectivity index (χ4n) is 2.29. The van der Waals surface area contributed by atoms with Gasteiger partial charge in [-0.3, -0.25) is 9.59 Å². The molecule has 3 aliphatic heterocycles. The highest BCUT2D eigenvalue weighted by Crippen LogP contribution is 2.41. The zero-order valence-corrected chi connectivity index (χ0v) is 6.80. The summed E-state index contributed by atoms with van der Waals surface area (Å²) in [7, 11) is 0. The Balaban J connectivity index is 2.01. The van der Waals surface area contributed by atoms with E-state index in [0.717, 1.165) is 0 Å². The lowest BCUT2D eigenvalue weighted by Crippen LogP contribution is -2.48. The Kier molecular flexibility index (Phi) is 1.17. The van der Waals surface area contributed by atoms with Crippen LogP contribution >= 0.6 is 0 Å². The van der Waals surface area contributed by atoms with E-state index in [1.165, 1.54) is 0 Å². The second kappa shape index (κ2) is 2.13.